The minimum atomic E-state index is 0.619. The summed E-state index contributed by atoms with van der Waals surface area (Å²) < 4.78 is 4.93. The van der Waals surface area contributed by atoms with E-state index in [1.165, 1.54) is 47.6 Å². The Balaban J connectivity index is 1.10. The van der Waals surface area contributed by atoms with Crippen LogP contribution in [0.4, 0.5) is 0 Å². The number of para-hydroxylation sites is 2. The summed E-state index contributed by atoms with van der Waals surface area (Å²) in [4.78, 5) is 15.6. The lowest BCUT2D eigenvalue weighted by atomic mass is 10.0. The standard InChI is InChI=1S/C51H32N4S/c1-3-15-33(16-4-1)35-29-30-46-43(32-35)39-21-7-10-26-44(39)55(46)45-27-11-8-23-42(45)51-53-49(34-17-5-2-6-18-34)52-50(54-51)37-20-13-19-36(31-37)38-24-14-25-41-40-22-9-12-28-47(40)56-48(38)41/h1-32H. The van der Waals surface area contributed by atoms with Gasteiger partial charge < -0.3 is 4.57 Å². The van der Waals surface area contributed by atoms with E-state index < -0.39 is 0 Å². The monoisotopic (exact) mass is 732 g/mol. The van der Waals surface area contributed by atoms with Crippen LogP contribution in [0.2, 0.25) is 0 Å². The number of rotatable bonds is 6. The fraction of sp³-hybridized carbons (Fsp3) is 0. The van der Waals surface area contributed by atoms with Crippen molar-refractivity contribution in [3.05, 3.63) is 194 Å². The Morgan fingerprint density at radius 3 is 1.79 bits per heavy atom. The molecule has 56 heavy (non-hydrogen) atoms. The van der Waals surface area contributed by atoms with Gasteiger partial charge in [-0.2, -0.15) is 0 Å². The number of nitrogens with zero attached hydrogens (tertiary/aromatic N) is 4. The molecule has 0 saturated carbocycles. The lowest BCUT2D eigenvalue weighted by Crippen LogP contribution is -2.03. The molecule has 0 spiro atoms. The molecule has 5 heteroatoms. The first-order chi connectivity index (χ1) is 27.8. The number of hydrogen-bond acceptors (Lipinski definition) is 4. The van der Waals surface area contributed by atoms with Gasteiger partial charge in [0.25, 0.3) is 0 Å². The van der Waals surface area contributed by atoms with E-state index in [1.807, 2.05) is 29.5 Å². The van der Waals surface area contributed by atoms with Gasteiger partial charge in [0.2, 0.25) is 0 Å². The highest BCUT2D eigenvalue weighted by atomic mass is 32.1. The summed E-state index contributed by atoms with van der Waals surface area (Å²) in [6.45, 7) is 0. The number of benzene rings is 8. The van der Waals surface area contributed by atoms with Crippen LogP contribution in [-0.2, 0) is 0 Å². The zero-order valence-electron chi connectivity index (χ0n) is 30.2. The molecule has 0 radical (unpaired) electrons. The van der Waals surface area contributed by atoms with E-state index in [2.05, 4.69) is 180 Å². The lowest BCUT2D eigenvalue weighted by molar-refractivity contribution is 1.06. The maximum absolute atomic E-state index is 5.28. The zero-order chi connectivity index (χ0) is 37.0. The quantitative estimate of drug-likeness (QED) is 0.171. The van der Waals surface area contributed by atoms with Crippen molar-refractivity contribution < 1.29 is 0 Å². The van der Waals surface area contributed by atoms with Crippen molar-refractivity contribution in [3.63, 3.8) is 0 Å². The number of thiophene rings is 1. The predicted molar refractivity (Wildman–Crippen MR) is 234 cm³/mol. The molecule has 11 rings (SSSR count). The van der Waals surface area contributed by atoms with Gasteiger partial charge in [0.05, 0.1) is 16.7 Å². The molecule has 0 aliphatic carbocycles. The maximum atomic E-state index is 5.28. The van der Waals surface area contributed by atoms with Crippen molar-refractivity contribution in [2.75, 3.05) is 0 Å². The predicted octanol–water partition coefficient (Wildman–Crippen LogP) is 13.7. The Kier molecular flexibility index (Phi) is 7.64. The average molecular weight is 733 g/mol. The van der Waals surface area contributed by atoms with Gasteiger partial charge in [0, 0.05) is 47.6 Å². The molecule has 0 aliphatic heterocycles. The van der Waals surface area contributed by atoms with Gasteiger partial charge in [-0.3, -0.25) is 0 Å². The van der Waals surface area contributed by atoms with Gasteiger partial charge in [0.15, 0.2) is 17.5 Å². The summed E-state index contributed by atoms with van der Waals surface area (Å²) in [6.07, 6.45) is 0. The van der Waals surface area contributed by atoms with Gasteiger partial charge in [-0.25, -0.2) is 15.0 Å². The molecule has 11 aromatic rings. The molecular weight excluding hydrogens is 701 g/mol. The van der Waals surface area contributed by atoms with E-state index in [4.69, 9.17) is 15.0 Å². The maximum Gasteiger partial charge on any atom is 0.166 e. The molecule has 8 aromatic carbocycles. The summed E-state index contributed by atoms with van der Waals surface area (Å²) in [5.41, 5.74) is 10.8. The van der Waals surface area contributed by atoms with E-state index in [9.17, 15) is 0 Å². The Bertz CT molecular complexity index is 3250. The molecule has 262 valence electrons. The first-order valence-corrected chi connectivity index (χ1v) is 19.6. The van der Waals surface area contributed by atoms with Crippen LogP contribution in [0.1, 0.15) is 0 Å². The summed E-state index contributed by atoms with van der Waals surface area (Å²) >= 11 is 1.84. The van der Waals surface area contributed by atoms with Crippen molar-refractivity contribution in [2.24, 2.45) is 0 Å². The molecule has 0 N–H and O–H groups in total. The molecule has 0 saturated heterocycles. The highest BCUT2D eigenvalue weighted by molar-refractivity contribution is 7.26. The Hall–Kier alpha value is -7.21. The molecular formula is C51H32N4S. The lowest BCUT2D eigenvalue weighted by Gasteiger charge is -2.15. The summed E-state index contributed by atoms with van der Waals surface area (Å²) in [5.74, 6) is 1.88. The van der Waals surface area contributed by atoms with Crippen LogP contribution < -0.4 is 0 Å². The SMILES string of the molecule is c1ccc(-c2ccc3c(c2)c2ccccc2n3-c2ccccc2-c2nc(-c3ccccc3)nc(-c3cccc(-c4cccc5c4sc4ccccc45)c3)n2)cc1. The van der Waals surface area contributed by atoms with Crippen LogP contribution in [0, 0.1) is 0 Å². The van der Waals surface area contributed by atoms with Crippen molar-refractivity contribution >= 4 is 53.3 Å². The second-order valence-electron chi connectivity index (χ2n) is 14.0. The third kappa shape index (κ3) is 5.40. The zero-order valence-corrected chi connectivity index (χ0v) is 31.0. The van der Waals surface area contributed by atoms with Gasteiger partial charge in [-0.1, -0.05) is 152 Å². The minimum Gasteiger partial charge on any atom is -0.309 e. The molecule has 0 amide bonds. The second kappa shape index (κ2) is 13.3. The smallest absolute Gasteiger partial charge is 0.166 e. The largest absolute Gasteiger partial charge is 0.309 e. The van der Waals surface area contributed by atoms with Crippen molar-refractivity contribution in [3.8, 4) is 62.1 Å². The van der Waals surface area contributed by atoms with Crippen LogP contribution in [0.5, 0.6) is 0 Å². The first kappa shape index (κ1) is 32.2. The number of aromatic nitrogens is 4. The van der Waals surface area contributed by atoms with Gasteiger partial charge >= 0.3 is 0 Å². The van der Waals surface area contributed by atoms with E-state index in [1.54, 1.807) is 0 Å². The molecule has 4 nitrogen and oxygen atoms in total. The fourth-order valence-electron chi connectivity index (χ4n) is 8.04. The minimum absolute atomic E-state index is 0.619. The topological polar surface area (TPSA) is 43.6 Å². The van der Waals surface area contributed by atoms with Gasteiger partial charge in [-0.15, -0.1) is 11.3 Å². The molecule has 0 aliphatic rings. The fourth-order valence-corrected chi connectivity index (χ4v) is 9.28. The first-order valence-electron chi connectivity index (χ1n) is 18.8. The molecule has 0 bridgehead atoms. The van der Waals surface area contributed by atoms with Crippen molar-refractivity contribution in [1.82, 2.24) is 19.5 Å². The Morgan fingerprint density at radius 1 is 0.339 bits per heavy atom. The van der Waals surface area contributed by atoms with Gasteiger partial charge in [-0.05, 0) is 64.7 Å². The van der Waals surface area contributed by atoms with Gasteiger partial charge in [0.1, 0.15) is 0 Å². The summed E-state index contributed by atoms with van der Waals surface area (Å²) in [5, 5.41) is 4.96. The summed E-state index contributed by atoms with van der Waals surface area (Å²) in [7, 11) is 0. The average Bonchev–Trinajstić information content (AvgIpc) is 3.82. The highest BCUT2D eigenvalue weighted by Crippen LogP contribution is 2.41. The number of fused-ring (bicyclic) bond motifs is 6. The molecule has 0 fully saturated rings. The van der Waals surface area contributed by atoms with Crippen LogP contribution in [0.25, 0.3) is 104 Å². The van der Waals surface area contributed by atoms with Crippen molar-refractivity contribution in [2.45, 2.75) is 0 Å². The third-order valence-corrected chi connectivity index (χ3v) is 11.9. The second-order valence-corrected chi connectivity index (χ2v) is 15.1. The van der Waals surface area contributed by atoms with Crippen LogP contribution in [0.15, 0.2) is 194 Å². The highest BCUT2D eigenvalue weighted by Gasteiger charge is 2.20. The van der Waals surface area contributed by atoms with Crippen LogP contribution in [0.3, 0.4) is 0 Å². The molecule has 3 aromatic heterocycles. The molecule has 0 atom stereocenters. The van der Waals surface area contributed by atoms with E-state index >= 15 is 0 Å². The molecule has 3 heterocycles. The summed E-state index contributed by atoms with van der Waals surface area (Å²) in [6, 6.07) is 68.5. The normalized spacial score (nSPS) is 11.6. The van der Waals surface area contributed by atoms with Crippen molar-refractivity contribution in [1.29, 1.82) is 0 Å². The Morgan fingerprint density at radius 2 is 0.929 bits per heavy atom. The van der Waals surface area contributed by atoms with E-state index in [-0.39, 0.29) is 0 Å². The third-order valence-electron chi connectivity index (χ3n) is 10.7. The number of hydrogen-bond donors (Lipinski definition) is 0. The van der Waals surface area contributed by atoms with E-state index in [0.29, 0.717) is 17.5 Å². The Labute approximate surface area is 327 Å². The molecule has 0 unspecified atom stereocenters. The van der Waals surface area contributed by atoms with Crippen LogP contribution >= 0.6 is 11.3 Å². The van der Waals surface area contributed by atoms with E-state index in [0.717, 1.165) is 39.0 Å². The van der Waals surface area contributed by atoms with Crippen LogP contribution in [-0.4, -0.2) is 19.5 Å².